The number of ether oxygens (including phenoxy) is 1. The van der Waals surface area contributed by atoms with Crippen molar-refractivity contribution in [2.24, 2.45) is 0 Å². The van der Waals surface area contributed by atoms with E-state index < -0.39 is 14.7 Å². The second kappa shape index (κ2) is 5.16. The zero-order chi connectivity index (χ0) is 9.61. The summed E-state index contributed by atoms with van der Waals surface area (Å²) in [6.07, 6.45) is 0.166. The van der Waals surface area contributed by atoms with Crippen molar-refractivity contribution in [3.8, 4) is 0 Å². The highest BCUT2D eigenvalue weighted by atomic mass is 28.4. The average molecular weight is 192 g/mol. The monoisotopic (exact) mass is 192 g/mol. The number of carbonyl (C=O) groups is 1. The Balaban J connectivity index is 3.68. The Morgan fingerprint density at radius 1 is 1.42 bits per heavy atom. The Morgan fingerprint density at radius 3 is 2.42 bits per heavy atom. The smallest absolute Gasteiger partial charge is 0.463 e. The maximum atomic E-state index is 10.9. The molecular formula is C7H16O4Si. The van der Waals surface area contributed by atoms with Crippen LogP contribution < -0.4 is 0 Å². The molecule has 0 N–H and O–H groups in total. The van der Waals surface area contributed by atoms with Gasteiger partial charge in [-0.2, -0.15) is 0 Å². The van der Waals surface area contributed by atoms with Crippen molar-refractivity contribution in [2.75, 3.05) is 13.7 Å². The van der Waals surface area contributed by atoms with Gasteiger partial charge in [-0.05, 0) is 19.5 Å². The van der Waals surface area contributed by atoms with Crippen molar-refractivity contribution in [3.05, 3.63) is 0 Å². The van der Waals surface area contributed by atoms with Gasteiger partial charge in [-0.25, -0.2) is 4.79 Å². The molecule has 0 rings (SSSR count). The summed E-state index contributed by atoms with van der Waals surface area (Å²) in [4.78, 5) is 10.9. The Hall–Kier alpha value is -0.553. The van der Waals surface area contributed by atoms with E-state index in [0.717, 1.165) is 6.42 Å². The average Bonchev–Trinajstić information content (AvgIpc) is 2.00. The standard InChI is InChI=1S/C7H16O4Si/c1-5-6-10-7(8)11-12(3,4)9-2/h5-6H2,1-4H3. The third-order valence-electron chi connectivity index (χ3n) is 1.24. The SMILES string of the molecule is CCCOC(=O)O[Si](C)(C)OC. The second-order valence-electron chi connectivity index (χ2n) is 2.80. The zero-order valence-corrected chi connectivity index (χ0v) is 9.05. The van der Waals surface area contributed by atoms with Crippen molar-refractivity contribution in [1.82, 2.24) is 0 Å². The van der Waals surface area contributed by atoms with E-state index in [9.17, 15) is 4.79 Å². The lowest BCUT2D eigenvalue weighted by Crippen LogP contribution is -2.36. The van der Waals surface area contributed by atoms with Gasteiger partial charge in [0, 0.05) is 7.11 Å². The van der Waals surface area contributed by atoms with Crippen LogP contribution >= 0.6 is 0 Å². The molecule has 0 fully saturated rings. The van der Waals surface area contributed by atoms with Gasteiger partial charge in [0.1, 0.15) is 0 Å². The predicted molar refractivity (Wildman–Crippen MR) is 47.2 cm³/mol. The number of hydrogen-bond donors (Lipinski definition) is 0. The maximum absolute atomic E-state index is 10.9. The minimum Gasteiger partial charge on any atom is -0.463 e. The predicted octanol–water partition coefficient (Wildman–Crippen LogP) is 1.90. The van der Waals surface area contributed by atoms with Crippen LogP contribution in [0, 0.1) is 0 Å². The highest BCUT2D eigenvalue weighted by molar-refractivity contribution is 6.65. The van der Waals surface area contributed by atoms with Crippen molar-refractivity contribution in [3.63, 3.8) is 0 Å². The van der Waals surface area contributed by atoms with Gasteiger partial charge in [0.05, 0.1) is 6.61 Å². The summed E-state index contributed by atoms with van der Waals surface area (Å²) in [5, 5.41) is 0. The van der Waals surface area contributed by atoms with E-state index in [1.807, 2.05) is 6.92 Å². The largest absolute Gasteiger partial charge is 0.496 e. The molecule has 0 aromatic heterocycles. The van der Waals surface area contributed by atoms with Gasteiger partial charge in [-0.3, -0.25) is 0 Å². The lowest BCUT2D eigenvalue weighted by atomic mass is 10.5. The maximum Gasteiger partial charge on any atom is 0.496 e. The first-order chi connectivity index (χ1) is 5.52. The number of rotatable bonds is 4. The third kappa shape index (κ3) is 5.14. The topological polar surface area (TPSA) is 44.8 Å². The summed E-state index contributed by atoms with van der Waals surface area (Å²) in [6.45, 7) is 5.87. The van der Waals surface area contributed by atoms with Crippen LogP contribution in [0.5, 0.6) is 0 Å². The van der Waals surface area contributed by atoms with Gasteiger partial charge in [0.15, 0.2) is 0 Å². The lowest BCUT2D eigenvalue weighted by Gasteiger charge is -2.18. The highest BCUT2D eigenvalue weighted by Crippen LogP contribution is 2.05. The van der Waals surface area contributed by atoms with Crippen LogP contribution in [0.2, 0.25) is 13.1 Å². The summed E-state index contributed by atoms with van der Waals surface area (Å²) >= 11 is 0. The molecule has 0 aliphatic carbocycles. The fourth-order valence-electron chi connectivity index (χ4n) is 0.457. The summed E-state index contributed by atoms with van der Waals surface area (Å²) in [5.41, 5.74) is 0. The van der Waals surface area contributed by atoms with Gasteiger partial charge < -0.3 is 13.6 Å². The van der Waals surface area contributed by atoms with Crippen molar-refractivity contribution in [2.45, 2.75) is 26.4 Å². The molecule has 0 spiro atoms. The van der Waals surface area contributed by atoms with Gasteiger partial charge in [0.25, 0.3) is 0 Å². The first-order valence-corrected chi connectivity index (χ1v) is 6.74. The van der Waals surface area contributed by atoms with Crippen LogP contribution in [0.1, 0.15) is 13.3 Å². The molecule has 0 aromatic rings. The molecule has 72 valence electrons. The van der Waals surface area contributed by atoms with E-state index in [4.69, 9.17) is 13.6 Å². The van der Waals surface area contributed by atoms with E-state index in [1.54, 1.807) is 13.1 Å². The van der Waals surface area contributed by atoms with Crippen LogP contribution in [0.25, 0.3) is 0 Å². The first-order valence-electron chi connectivity index (χ1n) is 3.92. The van der Waals surface area contributed by atoms with Gasteiger partial charge >= 0.3 is 14.7 Å². The van der Waals surface area contributed by atoms with E-state index in [0.29, 0.717) is 6.61 Å². The Bertz CT molecular complexity index is 146. The Labute approximate surface area is 74.1 Å². The van der Waals surface area contributed by atoms with E-state index in [1.165, 1.54) is 7.11 Å². The van der Waals surface area contributed by atoms with E-state index in [-0.39, 0.29) is 0 Å². The fraction of sp³-hybridized carbons (Fsp3) is 0.857. The zero-order valence-electron chi connectivity index (χ0n) is 8.05. The molecular weight excluding hydrogens is 176 g/mol. The molecule has 0 unspecified atom stereocenters. The molecule has 0 bridgehead atoms. The molecule has 4 nitrogen and oxygen atoms in total. The lowest BCUT2D eigenvalue weighted by molar-refractivity contribution is 0.0858. The van der Waals surface area contributed by atoms with Crippen molar-refractivity contribution >= 4 is 14.7 Å². The molecule has 0 heterocycles. The van der Waals surface area contributed by atoms with Crippen LogP contribution in [0.3, 0.4) is 0 Å². The molecule has 5 heteroatoms. The molecule has 0 radical (unpaired) electrons. The molecule has 12 heavy (non-hydrogen) atoms. The van der Waals surface area contributed by atoms with Crippen LogP contribution in [0.15, 0.2) is 0 Å². The minimum absolute atomic E-state index is 0.396. The summed E-state index contributed by atoms with van der Waals surface area (Å²) in [5.74, 6) is 0. The van der Waals surface area contributed by atoms with Crippen LogP contribution in [-0.2, 0) is 13.6 Å². The van der Waals surface area contributed by atoms with Crippen LogP contribution in [-0.4, -0.2) is 28.4 Å². The molecule has 0 aliphatic rings. The summed E-state index contributed by atoms with van der Waals surface area (Å²) in [7, 11) is -0.738. The highest BCUT2D eigenvalue weighted by Gasteiger charge is 2.28. The Kier molecular flexibility index (Phi) is 4.92. The van der Waals surface area contributed by atoms with Crippen molar-refractivity contribution in [1.29, 1.82) is 0 Å². The summed E-state index contributed by atoms with van der Waals surface area (Å²) in [6, 6.07) is 0. The minimum atomic E-state index is -2.26. The molecule has 0 aromatic carbocycles. The Morgan fingerprint density at radius 2 is 2.00 bits per heavy atom. The van der Waals surface area contributed by atoms with Gasteiger partial charge in [0.2, 0.25) is 0 Å². The number of hydrogen-bond acceptors (Lipinski definition) is 4. The first kappa shape index (κ1) is 11.4. The van der Waals surface area contributed by atoms with E-state index >= 15 is 0 Å². The third-order valence-corrected chi connectivity index (χ3v) is 2.89. The summed E-state index contributed by atoms with van der Waals surface area (Å²) < 4.78 is 14.7. The molecule has 0 atom stereocenters. The van der Waals surface area contributed by atoms with Crippen molar-refractivity contribution < 1.29 is 18.4 Å². The molecule has 0 saturated carbocycles. The number of carbonyl (C=O) groups excluding carboxylic acids is 1. The molecule has 0 saturated heterocycles. The fourth-order valence-corrected chi connectivity index (χ4v) is 1.00. The van der Waals surface area contributed by atoms with E-state index in [2.05, 4.69) is 0 Å². The second-order valence-corrected chi connectivity index (χ2v) is 6.22. The molecule has 0 aliphatic heterocycles. The van der Waals surface area contributed by atoms with Gasteiger partial charge in [-0.1, -0.05) is 6.92 Å². The van der Waals surface area contributed by atoms with Gasteiger partial charge in [-0.15, -0.1) is 0 Å². The normalized spacial score (nSPS) is 11.0. The van der Waals surface area contributed by atoms with Crippen LogP contribution in [0.4, 0.5) is 4.79 Å². The quantitative estimate of drug-likeness (QED) is 0.504. The molecule has 0 amide bonds.